The van der Waals surface area contributed by atoms with Crippen LogP contribution in [-0.2, 0) is 4.74 Å². The number of nitrogens with one attached hydrogen (secondary N) is 1. The van der Waals surface area contributed by atoms with E-state index in [-0.39, 0.29) is 6.03 Å². The molecular formula is C21H27N3O3. The number of morpholine rings is 1. The Balaban J connectivity index is 1.60. The van der Waals surface area contributed by atoms with E-state index in [1.165, 1.54) is 0 Å². The smallest absolute Gasteiger partial charge is 0.321 e. The van der Waals surface area contributed by atoms with Gasteiger partial charge in [-0.1, -0.05) is 30.3 Å². The first-order valence-electron chi connectivity index (χ1n) is 9.44. The average Bonchev–Trinajstić information content (AvgIpc) is 2.71. The van der Waals surface area contributed by atoms with Crippen LogP contribution in [0.15, 0.2) is 54.6 Å². The molecule has 1 aliphatic rings. The van der Waals surface area contributed by atoms with Crippen LogP contribution in [0.4, 0.5) is 10.5 Å². The van der Waals surface area contributed by atoms with Gasteiger partial charge in [0.25, 0.3) is 0 Å². The van der Waals surface area contributed by atoms with Crippen LogP contribution in [0.2, 0.25) is 0 Å². The summed E-state index contributed by atoms with van der Waals surface area (Å²) in [5, 5.41) is 2.99. The van der Waals surface area contributed by atoms with Gasteiger partial charge in [-0.3, -0.25) is 4.90 Å². The Labute approximate surface area is 160 Å². The lowest BCUT2D eigenvalue weighted by Crippen LogP contribution is -2.44. The Morgan fingerprint density at radius 2 is 1.81 bits per heavy atom. The van der Waals surface area contributed by atoms with E-state index in [9.17, 15) is 4.79 Å². The lowest BCUT2D eigenvalue weighted by Gasteiger charge is -2.29. The first kappa shape index (κ1) is 19.2. The summed E-state index contributed by atoms with van der Waals surface area (Å²) in [5.41, 5.74) is 0.663. The molecule has 1 heterocycles. The van der Waals surface area contributed by atoms with Gasteiger partial charge in [0.2, 0.25) is 0 Å². The predicted molar refractivity (Wildman–Crippen MR) is 106 cm³/mol. The number of nitrogens with zero attached hydrogens (tertiary/aromatic N) is 2. The maximum absolute atomic E-state index is 12.7. The van der Waals surface area contributed by atoms with E-state index in [0.717, 1.165) is 38.6 Å². The molecule has 0 saturated carbocycles. The number of likely N-dealkylation sites (N-methyl/N-ethyl adjacent to an activating group) is 1. The zero-order valence-corrected chi connectivity index (χ0v) is 15.8. The van der Waals surface area contributed by atoms with Crippen LogP contribution < -0.4 is 10.1 Å². The van der Waals surface area contributed by atoms with E-state index in [4.69, 9.17) is 9.47 Å². The Bertz CT molecular complexity index is 718. The standard InChI is InChI=1S/C21H27N3O3/c1-2-24(13-12-23-14-16-26-17-15-23)21(25)22-19-10-6-7-11-20(19)27-18-8-4-3-5-9-18/h3-11H,2,12-17H2,1H3,(H,22,25). The molecule has 27 heavy (non-hydrogen) atoms. The maximum atomic E-state index is 12.7. The van der Waals surface area contributed by atoms with Crippen molar-refractivity contribution < 1.29 is 14.3 Å². The molecule has 0 unspecified atom stereocenters. The molecule has 0 bridgehead atoms. The number of rotatable bonds is 7. The number of carbonyl (C=O) groups is 1. The Kier molecular flexibility index (Phi) is 7.07. The van der Waals surface area contributed by atoms with Crippen molar-refractivity contribution in [3.8, 4) is 11.5 Å². The number of carbonyl (C=O) groups excluding carboxylic acids is 1. The van der Waals surface area contributed by atoms with Crippen molar-refractivity contribution in [3.63, 3.8) is 0 Å². The van der Waals surface area contributed by atoms with E-state index >= 15 is 0 Å². The van der Waals surface area contributed by atoms with Gasteiger partial charge in [-0.25, -0.2) is 4.79 Å². The van der Waals surface area contributed by atoms with Crippen molar-refractivity contribution in [2.75, 3.05) is 51.3 Å². The minimum Gasteiger partial charge on any atom is -0.455 e. The van der Waals surface area contributed by atoms with E-state index in [1.807, 2.05) is 66.4 Å². The molecule has 1 fully saturated rings. The summed E-state index contributed by atoms with van der Waals surface area (Å²) in [7, 11) is 0. The van der Waals surface area contributed by atoms with Crippen LogP contribution in [0.1, 0.15) is 6.92 Å². The number of benzene rings is 2. The zero-order chi connectivity index (χ0) is 18.9. The topological polar surface area (TPSA) is 54.0 Å². The van der Waals surface area contributed by atoms with Crippen molar-refractivity contribution in [3.05, 3.63) is 54.6 Å². The summed E-state index contributed by atoms with van der Waals surface area (Å²) in [4.78, 5) is 16.9. The summed E-state index contributed by atoms with van der Waals surface area (Å²) in [6.45, 7) is 7.56. The van der Waals surface area contributed by atoms with Crippen molar-refractivity contribution in [1.82, 2.24) is 9.80 Å². The molecule has 2 amide bonds. The predicted octanol–water partition coefficient (Wildman–Crippen LogP) is 3.66. The molecule has 2 aromatic carbocycles. The van der Waals surface area contributed by atoms with Gasteiger partial charge in [-0.15, -0.1) is 0 Å². The minimum atomic E-state index is -0.116. The highest BCUT2D eigenvalue weighted by molar-refractivity contribution is 5.91. The quantitative estimate of drug-likeness (QED) is 0.809. The first-order chi connectivity index (χ1) is 13.3. The summed E-state index contributed by atoms with van der Waals surface area (Å²) in [6.07, 6.45) is 0. The van der Waals surface area contributed by atoms with Gasteiger partial charge in [0.05, 0.1) is 18.9 Å². The molecule has 6 nitrogen and oxygen atoms in total. The van der Waals surface area contributed by atoms with E-state index < -0.39 is 0 Å². The average molecular weight is 369 g/mol. The second-order valence-electron chi connectivity index (χ2n) is 6.38. The lowest BCUT2D eigenvalue weighted by atomic mass is 10.3. The van der Waals surface area contributed by atoms with Gasteiger partial charge in [-0.05, 0) is 31.2 Å². The van der Waals surface area contributed by atoms with Crippen molar-refractivity contribution in [2.45, 2.75) is 6.92 Å². The SMILES string of the molecule is CCN(CCN1CCOCC1)C(=O)Nc1ccccc1Oc1ccccc1. The van der Waals surface area contributed by atoms with Crippen LogP contribution in [0.25, 0.3) is 0 Å². The largest absolute Gasteiger partial charge is 0.455 e. The van der Waals surface area contributed by atoms with E-state index in [1.54, 1.807) is 0 Å². The summed E-state index contributed by atoms with van der Waals surface area (Å²) >= 11 is 0. The van der Waals surface area contributed by atoms with E-state index in [0.29, 0.717) is 24.5 Å². The lowest BCUT2D eigenvalue weighted by molar-refractivity contribution is 0.0353. The molecule has 1 N–H and O–H groups in total. The van der Waals surface area contributed by atoms with Crippen LogP contribution in [0, 0.1) is 0 Å². The molecule has 6 heteroatoms. The fourth-order valence-electron chi connectivity index (χ4n) is 2.96. The van der Waals surface area contributed by atoms with Gasteiger partial charge in [0.1, 0.15) is 5.75 Å². The van der Waals surface area contributed by atoms with Crippen molar-refractivity contribution in [1.29, 1.82) is 0 Å². The van der Waals surface area contributed by atoms with Crippen LogP contribution >= 0.6 is 0 Å². The number of anilines is 1. The summed E-state index contributed by atoms with van der Waals surface area (Å²) in [6, 6.07) is 16.9. The third-order valence-corrected chi connectivity index (χ3v) is 4.56. The molecule has 2 aromatic rings. The molecule has 0 radical (unpaired) electrons. The number of para-hydroxylation sites is 3. The van der Waals surface area contributed by atoms with E-state index in [2.05, 4.69) is 10.2 Å². The number of urea groups is 1. The molecule has 0 spiro atoms. The Hall–Kier alpha value is -2.57. The normalized spacial score (nSPS) is 14.6. The first-order valence-corrected chi connectivity index (χ1v) is 9.44. The second kappa shape index (κ2) is 9.94. The van der Waals surface area contributed by atoms with Crippen molar-refractivity contribution >= 4 is 11.7 Å². The molecule has 1 aliphatic heterocycles. The number of amides is 2. The van der Waals surface area contributed by atoms with Gasteiger partial charge in [0, 0.05) is 32.7 Å². The highest BCUT2D eigenvalue weighted by atomic mass is 16.5. The third-order valence-electron chi connectivity index (χ3n) is 4.56. The van der Waals surface area contributed by atoms with Gasteiger partial charge >= 0.3 is 6.03 Å². The van der Waals surface area contributed by atoms with Crippen LogP contribution in [-0.4, -0.2) is 61.8 Å². The maximum Gasteiger partial charge on any atom is 0.321 e. The zero-order valence-electron chi connectivity index (χ0n) is 15.8. The Morgan fingerprint density at radius 3 is 2.56 bits per heavy atom. The highest BCUT2D eigenvalue weighted by Gasteiger charge is 2.17. The molecule has 1 saturated heterocycles. The molecule has 0 aliphatic carbocycles. The van der Waals surface area contributed by atoms with Crippen LogP contribution in [0.3, 0.4) is 0 Å². The molecule has 3 rings (SSSR count). The molecular weight excluding hydrogens is 342 g/mol. The Morgan fingerprint density at radius 1 is 1.11 bits per heavy atom. The highest BCUT2D eigenvalue weighted by Crippen LogP contribution is 2.29. The molecule has 144 valence electrons. The molecule has 0 aromatic heterocycles. The summed E-state index contributed by atoms with van der Waals surface area (Å²) < 4.78 is 11.3. The van der Waals surface area contributed by atoms with Gasteiger partial charge < -0.3 is 19.7 Å². The fraction of sp³-hybridized carbons (Fsp3) is 0.381. The number of hydrogen-bond donors (Lipinski definition) is 1. The third kappa shape index (κ3) is 5.70. The minimum absolute atomic E-state index is 0.116. The van der Waals surface area contributed by atoms with Gasteiger partial charge in [0.15, 0.2) is 5.75 Å². The van der Waals surface area contributed by atoms with Crippen LogP contribution in [0.5, 0.6) is 11.5 Å². The number of hydrogen-bond acceptors (Lipinski definition) is 4. The fourth-order valence-corrected chi connectivity index (χ4v) is 2.96. The number of ether oxygens (including phenoxy) is 2. The van der Waals surface area contributed by atoms with Gasteiger partial charge in [-0.2, -0.15) is 0 Å². The van der Waals surface area contributed by atoms with Crippen molar-refractivity contribution in [2.24, 2.45) is 0 Å². The molecule has 0 atom stereocenters. The second-order valence-corrected chi connectivity index (χ2v) is 6.38. The summed E-state index contributed by atoms with van der Waals surface area (Å²) in [5.74, 6) is 1.36. The monoisotopic (exact) mass is 369 g/mol.